The largest absolute Gasteiger partial charge is 0.481 e. The monoisotopic (exact) mass is 213 g/mol. The fourth-order valence-electron chi connectivity index (χ4n) is 1.08. The summed E-state index contributed by atoms with van der Waals surface area (Å²) < 4.78 is 9.27. The molecule has 1 heterocycles. The van der Waals surface area contributed by atoms with Crippen LogP contribution in [0.25, 0.3) is 0 Å². The van der Waals surface area contributed by atoms with Gasteiger partial charge in [0.05, 0.1) is 13.5 Å². The molecule has 0 bridgehead atoms. The Morgan fingerprint density at radius 1 is 1.67 bits per heavy atom. The minimum atomic E-state index is -0.932. The van der Waals surface area contributed by atoms with Gasteiger partial charge in [-0.05, 0) is 0 Å². The molecule has 15 heavy (non-hydrogen) atoms. The molecule has 0 saturated carbocycles. The average molecular weight is 213 g/mol. The molecular weight excluding hydrogens is 202 g/mol. The summed E-state index contributed by atoms with van der Waals surface area (Å²) in [5, 5.41) is 12.0. The van der Waals surface area contributed by atoms with E-state index in [1.165, 1.54) is 13.2 Å². The van der Waals surface area contributed by atoms with Crippen molar-refractivity contribution in [3.8, 4) is 0 Å². The van der Waals surface area contributed by atoms with E-state index in [1.54, 1.807) is 6.92 Å². The molecule has 6 heteroatoms. The fraction of sp³-hybridized carbons (Fsp3) is 0.444. The summed E-state index contributed by atoms with van der Waals surface area (Å²) in [5.74, 6) is -1.50. The summed E-state index contributed by atoms with van der Waals surface area (Å²) >= 11 is 0. The lowest BCUT2D eigenvalue weighted by molar-refractivity contribution is -0.137. The number of hydrogen-bond acceptors (Lipinski definition) is 5. The fourth-order valence-corrected chi connectivity index (χ4v) is 1.08. The number of methoxy groups -OCH3 is 1. The lowest BCUT2D eigenvalue weighted by Crippen LogP contribution is -2.02. The summed E-state index contributed by atoms with van der Waals surface area (Å²) in [6.07, 6.45) is -0.0736. The molecule has 0 amide bonds. The number of carboxylic acids is 1. The highest BCUT2D eigenvalue weighted by Crippen LogP contribution is 2.19. The average Bonchev–Trinajstić information content (AvgIpc) is 2.64. The Bertz CT molecular complexity index is 370. The molecule has 82 valence electrons. The van der Waals surface area contributed by atoms with Crippen LogP contribution in [0.1, 0.15) is 35.5 Å². The number of rotatable bonds is 4. The molecule has 6 nitrogen and oxygen atoms in total. The summed E-state index contributed by atoms with van der Waals surface area (Å²) in [6.45, 7) is 1.68. The first kappa shape index (κ1) is 11.2. The minimum absolute atomic E-state index is 0.0461. The molecule has 1 N–H and O–H groups in total. The summed E-state index contributed by atoms with van der Waals surface area (Å²) in [7, 11) is 1.23. The van der Waals surface area contributed by atoms with Crippen molar-refractivity contribution in [2.75, 3.05) is 7.11 Å². The van der Waals surface area contributed by atoms with Crippen molar-refractivity contribution in [2.45, 2.75) is 19.3 Å². The number of esters is 1. The third-order valence-electron chi connectivity index (χ3n) is 1.89. The van der Waals surface area contributed by atoms with E-state index < -0.39 is 11.9 Å². The number of aromatic nitrogens is 1. The van der Waals surface area contributed by atoms with Gasteiger partial charge in [0, 0.05) is 12.0 Å². The Morgan fingerprint density at radius 3 is 2.87 bits per heavy atom. The van der Waals surface area contributed by atoms with E-state index in [-0.39, 0.29) is 18.0 Å². The zero-order valence-corrected chi connectivity index (χ0v) is 8.39. The maximum absolute atomic E-state index is 11.0. The van der Waals surface area contributed by atoms with E-state index in [2.05, 4.69) is 9.89 Å². The van der Waals surface area contributed by atoms with E-state index in [0.29, 0.717) is 5.76 Å². The molecule has 0 saturated heterocycles. The number of carbonyl (C=O) groups excluding carboxylic acids is 1. The molecule has 1 aromatic heterocycles. The van der Waals surface area contributed by atoms with Crippen molar-refractivity contribution in [2.24, 2.45) is 0 Å². The van der Waals surface area contributed by atoms with Gasteiger partial charge in [0.15, 0.2) is 5.69 Å². The van der Waals surface area contributed by atoms with E-state index in [0.717, 1.165) is 0 Å². The van der Waals surface area contributed by atoms with Gasteiger partial charge in [-0.3, -0.25) is 4.79 Å². The van der Waals surface area contributed by atoms with Gasteiger partial charge in [-0.15, -0.1) is 0 Å². The molecule has 0 fully saturated rings. The third-order valence-corrected chi connectivity index (χ3v) is 1.89. The van der Waals surface area contributed by atoms with E-state index >= 15 is 0 Å². The van der Waals surface area contributed by atoms with Gasteiger partial charge in [0.25, 0.3) is 0 Å². The predicted octanol–water partition coefficient (Wildman–Crippen LogP) is 1.04. The van der Waals surface area contributed by atoms with Crippen LogP contribution in [0, 0.1) is 0 Å². The quantitative estimate of drug-likeness (QED) is 0.751. The highest BCUT2D eigenvalue weighted by molar-refractivity contribution is 5.87. The molecule has 0 aromatic carbocycles. The Morgan fingerprint density at radius 2 is 2.33 bits per heavy atom. The first-order valence-corrected chi connectivity index (χ1v) is 4.31. The highest BCUT2D eigenvalue weighted by atomic mass is 16.5. The van der Waals surface area contributed by atoms with E-state index in [4.69, 9.17) is 9.63 Å². The maximum Gasteiger partial charge on any atom is 0.360 e. The number of aliphatic carboxylic acids is 1. The molecule has 0 spiro atoms. The predicted molar refractivity (Wildman–Crippen MR) is 48.5 cm³/mol. The van der Waals surface area contributed by atoms with Crippen LogP contribution >= 0.6 is 0 Å². The molecule has 0 aliphatic heterocycles. The molecule has 1 rings (SSSR count). The van der Waals surface area contributed by atoms with Gasteiger partial charge in [-0.1, -0.05) is 12.1 Å². The van der Waals surface area contributed by atoms with E-state index in [1.807, 2.05) is 0 Å². The first-order valence-electron chi connectivity index (χ1n) is 4.31. The second-order valence-electron chi connectivity index (χ2n) is 3.11. The van der Waals surface area contributed by atoms with Gasteiger partial charge in [-0.25, -0.2) is 4.79 Å². The number of ether oxygens (including phenoxy) is 1. The number of hydrogen-bond donors (Lipinski definition) is 1. The molecule has 1 unspecified atom stereocenters. The molecule has 0 radical (unpaired) electrons. The lowest BCUT2D eigenvalue weighted by atomic mass is 10.1. The molecule has 1 aromatic rings. The zero-order chi connectivity index (χ0) is 11.4. The molecule has 0 aliphatic rings. The second-order valence-corrected chi connectivity index (χ2v) is 3.11. The number of carboxylic acid groups (broad SMARTS) is 1. The Kier molecular flexibility index (Phi) is 3.43. The van der Waals surface area contributed by atoms with Crippen molar-refractivity contribution >= 4 is 11.9 Å². The first-order chi connectivity index (χ1) is 7.04. The van der Waals surface area contributed by atoms with Crippen molar-refractivity contribution in [1.29, 1.82) is 0 Å². The second kappa shape index (κ2) is 4.59. The van der Waals surface area contributed by atoms with Gasteiger partial charge in [0.2, 0.25) is 0 Å². The number of carbonyl (C=O) groups is 2. The van der Waals surface area contributed by atoms with Gasteiger partial charge in [-0.2, -0.15) is 0 Å². The summed E-state index contributed by atoms with van der Waals surface area (Å²) in [5.41, 5.74) is 0.0461. The van der Waals surface area contributed by atoms with Crippen LogP contribution in [-0.2, 0) is 9.53 Å². The Balaban J connectivity index is 2.75. The van der Waals surface area contributed by atoms with Crippen LogP contribution in [0.5, 0.6) is 0 Å². The van der Waals surface area contributed by atoms with Crippen LogP contribution in [-0.4, -0.2) is 29.3 Å². The maximum atomic E-state index is 11.0. The van der Waals surface area contributed by atoms with E-state index in [9.17, 15) is 9.59 Å². The minimum Gasteiger partial charge on any atom is -0.481 e. The zero-order valence-electron chi connectivity index (χ0n) is 8.39. The third kappa shape index (κ3) is 2.80. The Hall–Kier alpha value is -1.85. The highest BCUT2D eigenvalue weighted by Gasteiger charge is 2.18. The van der Waals surface area contributed by atoms with Crippen LogP contribution in [0.15, 0.2) is 10.6 Å². The lowest BCUT2D eigenvalue weighted by Gasteiger charge is -2.01. The normalized spacial score (nSPS) is 12.1. The molecule has 1 atom stereocenters. The van der Waals surface area contributed by atoms with Crippen molar-refractivity contribution in [3.05, 3.63) is 17.5 Å². The van der Waals surface area contributed by atoms with Crippen molar-refractivity contribution < 1.29 is 24.0 Å². The Labute approximate surface area is 85.8 Å². The van der Waals surface area contributed by atoms with Gasteiger partial charge < -0.3 is 14.4 Å². The van der Waals surface area contributed by atoms with Crippen molar-refractivity contribution in [1.82, 2.24) is 5.16 Å². The van der Waals surface area contributed by atoms with Crippen LogP contribution < -0.4 is 0 Å². The number of nitrogens with zero attached hydrogens (tertiary/aromatic N) is 1. The topological polar surface area (TPSA) is 89.6 Å². The van der Waals surface area contributed by atoms with Gasteiger partial charge >= 0.3 is 11.9 Å². The summed E-state index contributed by atoms with van der Waals surface area (Å²) in [4.78, 5) is 21.4. The molecule has 0 aliphatic carbocycles. The van der Waals surface area contributed by atoms with Crippen molar-refractivity contribution in [3.63, 3.8) is 0 Å². The SMILES string of the molecule is COC(=O)c1cc(C(C)CC(=O)O)on1. The molecular formula is C9H11NO5. The standard InChI is InChI=1S/C9H11NO5/c1-5(3-8(11)12)7-4-6(10-15-7)9(13)14-2/h4-5H,3H2,1-2H3,(H,11,12). The smallest absolute Gasteiger partial charge is 0.360 e. The van der Waals surface area contributed by atoms with Crippen LogP contribution in [0.4, 0.5) is 0 Å². The van der Waals surface area contributed by atoms with Crippen LogP contribution in [0.2, 0.25) is 0 Å². The summed E-state index contributed by atoms with van der Waals surface area (Å²) in [6, 6.07) is 1.39. The van der Waals surface area contributed by atoms with Crippen LogP contribution in [0.3, 0.4) is 0 Å². The van der Waals surface area contributed by atoms with Gasteiger partial charge in [0.1, 0.15) is 5.76 Å².